The summed E-state index contributed by atoms with van der Waals surface area (Å²) in [4.78, 5) is 17.8. The third-order valence-electron chi connectivity index (χ3n) is 5.19. The van der Waals surface area contributed by atoms with Gasteiger partial charge >= 0.3 is 0 Å². The van der Waals surface area contributed by atoms with E-state index in [-0.39, 0.29) is 16.7 Å². The molecule has 2 aromatic heterocycles. The minimum absolute atomic E-state index is 0.0294. The van der Waals surface area contributed by atoms with Crippen LogP contribution in [0.15, 0.2) is 70.1 Å². The second-order valence-electron chi connectivity index (χ2n) is 7.47. The van der Waals surface area contributed by atoms with Gasteiger partial charge in [0.2, 0.25) is 10.0 Å². The van der Waals surface area contributed by atoms with Crippen LogP contribution < -0.4 is 10.5 Å². The molecule has 0 radical (unpaired) electrons. The molecule has 4 aromatic rings. The second-order valence-corrected chi connectivity index (χ2v) is 9.03. The molecule has 1 saturated carbocycles. The molecule has 9 heteroatoms. The van der Waals surface area contributed by atoms with Crippen LogP contribution in [0.4, 0.5) is 5.69 Å². The first kappa shape index (κ1) is 19.4. The van der Waals surface area contributed by atoms with Crippen LogP contribution in [-0.4, -0.2) is 24.5 Å². The molecule has 1 fully saturated rings. The predicted octanol–water partition coefficient (Wildman–Crippen LogP) is 3.67. The van der Waals surface area contributed by atoms with Crippen molar-refractivity contribution in [2.45, 2.75) is 23.7 Å². The topological polar surface area (TPSA) is 128 Å². The van der Waals surface area contributed by atoms with Gasteiger partial charge in [0.25, 0.3) is 11.6 Å². The number of anilines is 1. The zero-order chi connectivity index (χ0) is 21.6. The molecule has 156 valence electrons. The van der Waals surface area contributed by atoms with Crippen LogP contribution in [0.5, 0.6) is 0 Å². The van der Waals surface area contributed by atoms with Crippen LogP contribution in [0.1, 0.15) is 34.8 Å². The maximum Gasteiger partial charge on any atom is 0.259 e. The van der Waals surface area contributed by atoms with Crippen LogP contribution in [-0.2, 0) is 10.0 Å². The molecular weight excluding hydrogens is 416 g/mol. The fourth-order valence-corrected chi connectivity index (χ4v) is 3.99. The number of benzene rings is 2. The molecule has 0 saturated heterocycles. The Balaban J connectivity index is 1.57. The lowest BCUT2D eigenvalue weighted by Gasteiger charge is -2.09. The number of carbonyl (C=O) groups is 1. The van der Waals surface area contributed by atoms with Crippen molar-refractivity contribution in [3.8, 4) is 11.3 Å². The van der Waals surface area contributed by atoms with E-state index in [2.05, 4.69) is 15.5 Å². The molecule has 1 amide bonds. The molecule has 3 N–H and O–H groups in total. The van der Waals surface area contributed by atoms with Crippen LogP contribution in [0.3, 0.4) is 0 Å². The molecule has 2 heterocycles. The van der Waals surface area contributed by atoms with E-state index in [9.17, 15) is 13.2 Å². The van der Waals surface area contributed by atoms with Gasteiger partial charge in [-0.15, -0.1) is 0 Å². The summed E-state index contributed by atoms with van der Waals surface area (Å²) in [5.41, 5.74) is 3.35. The number of nitrogens with zero attached hydrogens (tertiary/aromatic N) is 2. The molecule has 0 bridgehead atoms. The first-order valence-corrected chi connectivity index (χ1v) is 11.2. The highest BCUT2D eigenvalue weighted by atomic mass is 32.2. The van der Waals surface area contributed by atoms with Crippen molar-refractivity contribution in [1.82, 2.24) is 10.1 Å². The number of rotatable bonds is 5. The van der Waals surface area contributed by atoms with Crippen molar-refractivity contribution >= 4 is 32.7 Å². The van der Waals surface area contributed by atoms with Gasteiger partial charge in [-0.25, -0.2) is 18.5 Å². The number of carbonyl (C=O) groups excluding carboxylic acids is 1. The van der Waals surface area contributed by atoms with Gasteiger partial charge in [-0.1, -0.05) is 35.5 Å². The maximum absolute atomic E-state index is 13.2. The van der Waals surface area contributed by atoms with Gasteiger partial charge in [0.1, 0.15) is 0 Å². The van der Waals surface area contributed by atoms with Crippen molar-refractivity contribution in [2.24, 2.45) is 5.14 Å². The van der Waals surface area contributed by atoms with Crippen LogP contribution in [0.25, 0.3) is 22.4 Å². The number of fused-ring (bicyclic) bond motifs is 1. The highest BCUT2D eigenvalue weighted by Crippen LogP contribution is 2.43. The van der Waals surface area contributed by atoms with Gasteiger partial charge < -0.3 is 9.84 Å². The van der Waals surface area contributed by atoms with Gasteiger partial charge in [-0.3, -0.25) is 4.79 Å². The number of nitrogens with two attached hydrogens (primary N) is 1. The van der Waals surface area contributed by atoms with E-state index in [0.717, 1.165) is 24.1 Å². The van der Waals surface area contributed by atoms with E-state index in [1.165, 1.54) is 24.3 Å². The monoisotopic (exact) mass is 434 g/mol. The van der Waals surface area contributed by atoms with Crippen molar-refractivity contribution in [2.75, 3.05) is 5.32 Å². The molecular formula is C22H18N4O4S. The minimum Gasteiger partial charge on any atom is -0.335 e. The van der Waals surface area contributed by atoms with E-state index in [0.29, 0.717) is 28.0 Å². The summed E-state index contributed by atoms with van der Waals surface area (Å²) < 4.78 is 28.4. The van der Waals surface area contributed by atoms with Gasteiger partial charge in [0, 0.05) is 17.2 Å². The molecule has 8 nitrogen and oxygen atoms in total. The molecule has 5 rings (SSSR count). The largest absolute Gasteiger partial charge is 0.335 e. The summed E-state index contributed by atoms with van der Waals surface area (Å²) in [6, 6.07) is 16.9. The van der Waals surface area contributed by atoms with Gasteiger partial charge in [0.05, 0.1) is 27.2 Å². The van der Waals surface area contributed by atoms with Crippen molar-refractivity contribution in [3.05, 3.63) is 71.9 Å². The summed E-state index contributed by atoms with van der Waals surface area (Å²) in [7, 11) is -3.81. The fraction of sp³-hybridized carbons (Fsp3) is 0.136. The van der Waals surface area contributed by atoms with Crippen LogP contribution >= 0.6 is 0 Å². The number of hydrogen-bond donors (Lipinski definition) is 2. The second kappa shape index (κ2) is 7.29. The first-order chi connectivity index (χ1) is 14.9. The molecule has 0 spiro atoms. The number of aromatic nitrogens is 2. The number of pyridine rings is 1. The summed E-state index contributed by atoms with van der Waals surface area (Å²) in [5, 5.41) is 12.7. The van der Waals surface area contributed by atoms with E-state index in [4.69, 9.17) is 9.66 Å². The van der Waals surface area contributed by atoms with Crippen LogP contribution in [0, 0.1) is 0 Å². The zero-order valence-electron chi connectivity index (χ0n) is 16.3. The first-order valence-electron chi connectivity index (χ1n) is 9.70. The van der Waals surface area contributed by atoms with Crippen LogP contribution in [0.2, 0.25) is 0 Å². The van der Waals surface area contributed by atoms with E-state index in [1.807, 2.05) is 30.3 Å². The Morgan fingerprint density at radius 1 is 1.06 bits per heavy atom. The van der Waals surface area contributed by atoms with Crippen molar-refractivity contribution in [3.63, 3.8) is 0 Å². The SMILES string of the molecule is NS(=O)(=O)c1ccc(NC(=O)c2cc(-c3ccccc3)nc3onc(C4CC4)c23)cc1. The van der Waals surface area contributed by atoms with Gasteiger partial charge in [-0.2, -0.15) is 0 Å². The Kier molecular flexibility index (Phi) is 4.57. The highest BCUT2D eigenvalue weighted by molar-refractivity contribution is 7.89. The Labute approximate surface area is 178 Å². The average molecular weight is 434 g/mol. The predicted molar refractivity (Wildman–Crippen MR) is 115 cm³/mol. The molecule has 1 aliphatic rings. The van der Waals surface area contributed by atoms with Gasteiger partial charge in [-0.05, 0) is 43.2 Å². The van der Waals surface area contributed by atoms with Gasteiger partial charge in [0.15, 0.2) is 0 Å². The molecule has 2 aromatic carbocycles. The lowest BCUT2D eigenvalue weighted by atomic mass is 10.0. The third kappa shape index (κ3) is 3.80. The third-order valence-corrected chi connectivity index (χ3v) is 6.12. The Morgan fingerprint density at radius 2 is 1.77 bits per heavy atom. The molecule has 0 unspecified atom stereocenters. The normalized spacial score (nSPS) is 14.0. The van der Waals surface area contributed by atoms with E-state index >= 15 is 0 Å². The van der Waals surface area contributed by atoms with Crippen molar-refractivity contribution < 1.29 is 17.7 Å². The molecule has 31 heavy (non-hydrogen) atoms. The Hall–Kier alpha value is -3.56. The minimum atomic E-state index is -3.81. The fourth-order valence-electron chi connectivity index (χ4n) is 3.47. The molecule has 0 aliphatic heterocycles. The standard InChI is InChI=1S/C22H18N4O4S/c23-31(28,29)16-10-8-15(9-11-16)24-21(27)17-12-18(13-4-2-1-3-5-13)25-22-19(17)20(26-30-22)14-6-7-14/h1-5,8-12,14H,6-7H2,(H,24,27)(H2,23,28,29). The van der Waals surface area contributed by atoms with E-state index in [1.54, 1.807) is 6.07 Å². The quantitative estimate of drug-likeness (QED) is 0.493. The summed E-state index contributed by atoms with van der Waals surface area (Å²) in [5.74, 6) is -0.0933. The number of sulfonamides is 1. The summed E-state index contributed by atoms with van der Waals surface area (Å²) in [6.07, 6.45) is 2.00. The zero-order valence-corrected chi connectivity index (χ0v) is 17.1. The lowest BCUT2D eigenvalue weighted by Crippen LogP contribution is -2.14. The molecule has 0 atom stereocenters. The van der Waals surface area contributed by atoms with E-state index < -0.39 is 10.0 Å². The summed E-state index contributed by atoms with van der Waals surface area (Å²) >= 11 is 0. The smallest absolute Gasteiger partial charge is 0.259 e. The number of hydrogen-bond acceptors (Lipinski definition) is 6. The Morgan fingerprint density at radius 3 is 2.42 bits per heavy atom. The molecule has 1 aliphatic carbocycles. The maximum atomic E-state index is 13.2. The highest BCUT2D eigenvalue weighted by Gasteiger charge is 2.32. The van der Waals surface area contributed by atoms with Crippen molar-refractivity contribution in [1.29, 1.82) is 0 Å². The average Bonchev–Trinajstić information content (AvgIpc) is 3.52. The summed E-state index contributed by atoms with van der Waals surface area (Å²) in [6.45, 7) is 0. The number of amides is 1. The Bertz CT molecular complexity index is 1390. The number of nitrogens with one attached hydrogen (secondary N) is 1. The number of primary sulfonamides is 1. The lowest BCUT2D eigenvalue weighted by molar-refractivity contribution is 0.102.